The van der Waals surface area contributed by atoms with Gasteiger partial charge in [-0.2, -0.15) is 0 Å². The van der Waals surface area contributed by atoms with Crippen LogP contribution in [0.25, 0.3) is 6.08 Å². The molecule has 90 valence electrons. The fourth-order valence-electron chi connectivity index (χ4n) is 2.14. The van der Waals surface area contributed by atoms with Gasteiger partial charge in [-0.05, 0) is 42.2 Å². The average molecular weight is 231 g/mol. The van der Waals surface area contributed by atoms with Gasteiger partial charge in [-0.1, -0.05) is 6.07 Å². The van der Waals surface area contributed by atoms with E-state index >= 15 is 0 Å². The Balaban J connectivity index is 2.21. The van der Waals surface area contributed by atoms with E-state index in [1.54, 1.807) is 6.08 Å². The monoisotopic (exact) mass is 231 g/mol. The molecular formula is C14H17NO2. The number of anilines is 1. The van der Waals surface area contributed by atoms with Crippen LogP contribution in [-0.4, -0.2) is 26.7 Å². The molecule has 3 nitrogen and oxygen atoms in total. The summed E-state index contributed by atoms with van der Waals surface area (Å²) in [5, 5.41) is 0. The highest BCUT2D eigenvalue weighted by Gasteiger charge is 2.12. The summed E-state index contributed by atoms with van der Waals surface area (Å²) in [4.78, 5) is 13.3. The molecule has 0 bridgehead atoms. The molecule has 1 aliphatic heterocycles. The van der Waals surface area contributed by atoms with Crippen molar-refractivity contribution in [2.75, 3.05) is 25.6 Å². The van der Waals surface area contributed by atoms with Crippen LogP contribution in [0, 0.1) is 0 Å². The third-order valence-corrected chi connectivity index (χ3v) is 3.07. The van der Waals surface area contributed by atoms with E-state index in [0.717, 1.165) is 18.5 Å². The van der Waals surface area contributed by atoms with Crippen LogP contribution in [-0.2, 0) is 16.0 Å². The first-order valence-electron chi connectivity index (χ1n) is 5.81. The van der Waals surface area contributed by atoms with Gasteiger partial charge in [-0.25, -0.2) is 4.79 Å². The van der Waals surface area contributed by atoms with E-state index in [0.29, 0.717) is 0 Å². The first-order chi connectivity index (χ1) is 8.20. The molecule has 0 atom stereocenters. The van der Waals surface area contributed by atoms with Crippen LogP contribution in [0.1, 0.15) is 17.5 Å². The minimum absolute atomic E-state index is 0.320. The molecule has 3 heteroatoms. The van der Waals surface area contributed by atoms with Crippen molar-refractivity contribution < 1.29 is 9.53 Å². The Morgan fingerprint density at radius 1 is 1.47 bits per heavy atom. The van der Waals surface area contributed by atoms with Gasteiger partial charge in [0.05, 0.1) is 7.11 Å². The molecule has 0 fully saturated rings. The summed E-state index contributed by atoms with van der Waals surface area (Å²) >= 11 is 0. The number of hydrogen-bond acceptors (Lipinski definition) is 3. The minimum atomic E-state index is -0.320. The van der Waals surface area contributed by atoms with Crippen molar-refractivity contribution in [3.05, 3.63) is 35.4 Å². The average Bonchev–Trinajstić information content (AvgIpc) is 2.36. The second kappa shape index (κ2) is 5.04. The zero-order chi connectivity index (χ0) is 12.3. The summed E-state index contributed by atoms with van der Waals surface area (Å²) in [5.74, 6) is -0.320. The van der Waals surface area contributed by atoms with Gasteiger partial charge in [0.15, 0.2) is 0 Å². The van der Waals surface area contributed by atoms with Crippen molar-refractivity contribution in [1.29, 1.82) is 0 Å². The lowest BCUT2D eigenvalue weighted by Crippen LogP contribution is -2.24. The Bertz CT molecular complexity index is 452. The number of hydrogen-bond donors (Lipinski definition) is 0. The molecule has 0 N–H and O–H groups in total. The number of nitrogens with zero attached hydrogens (tertiary/aromatic N) is 1. The Morgan fingerprint density at radius 2 is 2.29 bits per heavy atom. The van der Waals surface area contributed by atoms with Gasteiger partial charge in [0, 0.05) is 25.4 Å². The standard InChI is InChI=1S/C14H17NO2/c1-15-9-3-4-12-10-11(5-7-13(12)15)6-8-14(16)17-2/h5-8,10H,3-4,9H2,1-2H3/b8-6+. The van der Waals surface area contributed by atoms with Crippen LogP contribution >= 0.6 is 0 Å². The predicted molar refractivity (Wildman–Crippen MR) is 69.1 cm³/mol. The molecule has 17 heavy (non-hydrogen) atoms. The fraction of sp³-hybridized carbons (Fsp3) is 0.357. The lowest BCUT2D eigenvalue weighted by Gasteiger charge is -2.27. The van der Waals surface area contributed by atoms with Crippen molar-refractivity contribution in [3.63, 3.8) is 0 Å². The van der Waals surface area contributed by atoms with Gasteiger partial charge >= 0.3 is 5.97 Å². The fourth-order valence-corrected chi connectivity index (χ4v) is 2.14. The second-order valence-corrected chi connectivity index (χ2v) is 4.27. The van der Waals surface area contributed by atoms with E-state index in [9.17, 15) is 4.79 Å². The van der Waals surface area contributed by atoms with E-state index < -0.39 is 0 Å². The molecule has 1 aromatic rings. The maximum absolute atomic E-state index is 11.0. The van der Waals surface area contributed by atoms with E-state index in [-0.39, 0.29) is 5.97 Å². The lowest BCUT2D eigenvalue weighted by atomic mass is 9.99. The summed E-state index contributed by atoms with van der Waals surface area (Å²) in [6.07, 6.45) is 5.54. The number of aryl methyl sites for hydroxylation is 1. The molecule has 1 aliphatic rings. The SMILES string of the molecule is COC(=O)/C=C/c1ccc2c(c1)CCCN2C. The Kier molecular flexibility index (Phi) is 3.47. The number of methoxy groups -OCH3 is 1. The molecule has 0 spiro atoms. The Morgan fingerprint density at radius 3 is 3.06 bits per heavy atom. The van der Waals surface area contributed by atoms with Gasteiger partial charge in [0.25, 0.3) is 0 Å². The summed E-state index contributed by atoms with van der Waals surface area (Å²) in [6.45, 7) is 1.12. The second-order valence-electron chi connectivity index (χ2n) is 4.27. The zero-order valence-corrected chi connectivity index (χ0v) is 10.3. The summed E-state index contributed by atoms with van der Waals surface area (Å²) in [7, 11) is 3.50. The number of rotatable bonds is 2. The van der Waals surface area contributed by atoms with Crippen molar-refractivity contribution in [3.8, 4) is 0 Å². The molecule has 1 heterocycles. The number of esters is 1. The van der Waals surface area contributed by atoms with E-state index in [1.807, 2.05) is 6.07 Å². The molecule has 0 saturated heterocycles. The first-order valence-corrected chi connectivity index (χ1v) is 5.81. The minimum Gasteiger partial charge on any atom is -0.466 e. The molecule has 0 saturated carbocycles. The topological polar surface area (TPSA) is 29.5 Å². The number of ether oxygens (including phenoxy) is 1. The largest absolute Gasteiger partial charge is 0.466 e. The molecule has 0 amide bonds. The molecule has 0 radical (unpaired) electrons. The van der Waals surface area contributed by atoms with E-state index in [1.165, 1.54) is 30.9 Å². The highest BCUT2D eigenvalue weighted by molar-refractivity contribution is 5.87. The highest BCUT2D eigenvalue weighted by atomic mass is 16.5. The van der Waals surface area contributed by atoms with Gasteiger partial charge in [0.1, 0.15) is 0 Å². The smallest absolute Gasteiger partial charge is 0.330 e. The third-order valence-electron chi connectivity index (χ3n) is 3.07. The molecule has 0 aliphatic carbocycles. The first kappa shape index (κ1) is 11.7. The van der Waals surface area contributed by atoms with Gasteiger partial charge in [-0.3, -0.25) is 0 Å². The van der Waals surface area contributed by atoms with Crippen molar-refractivity contribution in [1.82, 2.24) is 0 Å². The summed E-state index contributed by atoms with van der Waals surface area (Å²) in [5.41, 5.74) is 3.70. The van der Waals surface area contributed by atoms with Gasteiger partial charge < -0.3 is 9.64 Å². The summed E-state index contributed by atoms with van der Waals surface area (Å²) < 4.78 is 4.57. The Labute approximate surface area is 102 Å². The summed E-state index contributed by atoms with van der Waals surface area (Å²) in [6, 6.07) is 6.29. The van der Waals surface area contributed by atoms with Gasteiger partial charge in [-0.15, -0.1) is 0 Å². The van der Waals surface area contributed by atoms with Crippen LogP contribution in [0.4, 0.5) is 5.69 Å². The van der Waals surface area contributed by atoms with Crippen LogP contribution in [0.5, 0.6) is 0 Å². The molecule has 2 rings (SSSR count). The predicted octanol–water partition coefficient (Wildman–Crippen LogP) is 2.26. The maximum Gasteiger partial charge on any atom is 0.330 e. The lowest BCUT2D eigenvalue weighted by molar-refractivity contribution is -0.134. The maximum atomic E-state index is 11.0. The van der Waals surface area contributed by atoms with Crippen LogP contribution < -0.4 is 4.90 Å². The molecule has 1 aromatic carbocycles. The van der Waals surface area contributed by atoms with Crippen LogP contribution in [0.15, 0.2) is 24.3 Å². The van der Waals surface area contributed by atoms with Crippen molar-refractivity contribution in [2.24, 2.45) is 0 Å². The van der Waals surface area contributed by atoms with Crippen molar-refractivity contribution >= 4 is 17.7 Å². The number of benzene rings is 1. The Hall–Kier alpha value is -1.77. The molecular weight excluding hydrogens is 214 g/mol. The van der Waals surface area contributed by atoms with E-state index in [2.05, 4.69) is 28.8 Å². The number of fused-ring (bicyclic) bond motifs is 1. The highest BCUT2D eigenvalue weighted by Crippen LogP contribution is 2.27. The van der Waals surface area contributed by atoms with Crippen LogP contribution in [0.2, 0.25) is 0 Å². The zero-order valence-electron chi connectivity index (χ0n) is 10.3. The van der Waals surface area contributed by atoms with Crippen LogP contribution in [0.3, 0.4) is 0 Å². The quantitative estimate of drug-likeness (QED) is 0.577. The molecule has 0 aromatic heterocycles. The van der Waals surface area contributed by atoms with Gasteiger partial charge in [0.2, 0.25) is 0 Å². The van der Waals surface area contributed by atoms with E-state index in [4.69, 9.17) is 0 Å². The molecule has 0 unspecified atom stereocenters. The number of carbonyl (C=O) groups excluding carboxylic acids is 1. The normalized spacial score (nSPS) is 14.8. The third kappa shape index (κ3) is 2.67. The number of carbonyl (C=O) groups is 1. The van der Waals surface area contributed by atoms with Crippen molar-refractivity contribution in [2.45, 2.75) is 12.8 Å².